The first-order valence-electron chi connectivity index (χ1n) is 1.57. The Morgan fingerprint density at radius 3 is 1.50 bits per heavy atom. The van der Waals surface area contributed by atoms with Crippen LogP contribution in [0.1, 0.15) is 6.92 Å². The molecule has 0 atom stereocenters. The van der Waals surface area contributed by atoms with Crippen LogP contribution < -0.4 is 68.9 Å². The molecule has 0 rings (SSSR count). The Kier molecular flexibility index (Phi) is 15.1. The summed E-state index contributed by atoms with van der Waals surface area (Å²) in [5.41, 5.74) is 0. The van der Waals surface area contributed by atoms with Crippen molar-refractivity contribution in [1.82, 2.24) is 0 Å². The zero-order valence-corrected chi connectivity index (χ0v) is 10.3. The molecule has 0 N–H and O–H groups in total. The molecule has 0 amide bonds. The average molecular weight is 154 g/mol. The van der Waals surface area contributed by atoms with E-state index in [0.717, 1.165) is 0 Å². The number of hydrogen-bond acceptors (Lipinski definition) is 3. The van der Waals surface area contributed by atoms with Crippen molar-refractivity contribution in [3.63, 3.8) is 0 Å². The Labute approximate surface area is 93.0 Å². The van der Waals surface area contributed by atoms with E-state index in [0.29, 0.717) is 0 Å². The molecule has 0 aromatic rings. The van der Waals surface area contributed by atoms with Crippen molar-refractivity contribution < 1.29 is 73.5 Å². The maximum atomic E-state index is 9.47. The van der Waals surface area contributed by atoms with Gasteiger partial charge in [0.15, 0.2) is 0 Å². The molecule has 6 heteroatoms. The molecule has 0 fully saturated rings. The quantitative estimate of drug-likeness (QED) is 0.278. The second-order valence-corrected chi connectivity index (χ2v) is 2.78. The van der Waals surface area contributed by atoms with E-state index in [1.807, 2.05) is 0 Å². The molecule has 3 nitrogen and oxygen atoms in total. The Morgan fingerprint density at radius 1 is 1.38 bits per heavy atom. The Bertz CT molecular complexity index is 79.4. The van der Waals surface area contributed by atoms with E-state index in [1.165, 1.54) is 6.92 Å². The summed E-state index contributed by atoms with van der Waals surface area (Å²) in [5.74, 6) is 0. The fourth-order valence-electron chi connectivity index (χ4n) is 0. The summed E-state index contributed by atoms with van der Waals surface area (Å²) in [4.78, 5) is 18.9. The van der Waals surface area contributed by atoms with Gasteiger partial charge in [-0.15, -0.1) is 0 Å². The van der Waals surface area contributed by atoms with Crippen LogP contribution >= 0.6 is 7.60 Å². The molecule has 0 heterocycles. The van der Waals surface area contributed by atoms with Gasteiger partial charge in [0.2, 0.25) is 0 Å². The molecule has 0 saturated heterocycles. The minimum atomic E-state index is -4.15. The summed E-state index contributed by atoms with van der Waals surface area (Å²) in [5, 5.41) is 0. The topological polar surface area (TPSA) is 63.2 Å². The third-order valence-corrected chi connectivity index (χ3v) is 1.16. The fourth-order valence-corrected chi connectivity index (χ4v) is 0. The van der Waals surface area contributed by atoms with E-state index in [-0.39, 0.29) is 65.3 Å². The molecule has 0 aromatic carbocycles. The smallest absolute Gasteiger partial charge is 0.811 e. The molecule has 0 unspecified atom stereocenters. The molecule has 0 aromatic heterocycles. The summed E-state index contributed by atoms with van der Waals surface area (Å²) in [6.45, 7) is 1.32. The van der Waals surface area contributed by atoms with Crippen LogP contribution in [-0.4, -0.2) is 6.16 Å². The van der Waals surface area contributed by atoms with Gasteiger partial charge in [-0.25, -0.2) is 0 Å². The molecule has 0 aliphatic carbocycles. The van der Waals surface area contributed by atoms with Crippen molar-refractivity contribution in [2.45, 2.75) is 6.92 Å². The summed E-state index contributed by atoms with van der Waals surface area (Å²) in [7, 11) is -4.15. The standard InChI is InChI=1S/C2H7O3P.2Na/c1-2-6(3,4)5;;/h2H2,1H3,(H2,3,4,5);;/q;2*+1/p-2. The molecular weight excluding hydrogens is 149 g/mol. The van der Waals surface area contributed by atoms with Gasteiger partial charge in [0.25, 0.3) is 0 Å². The van der Waals surface area contributed by atoms with E-state index in [2.05, 4.69) is 0 Å². The first-order chi connectivity index (χ1) is 2.56. The summed E-state index contributed by atoms with van der Waals surface area (Å²) >= 11 is 0. The van der Waals surface area contributed by atoms with Gasteiger partial charge < -0.3 is 14.4 Å². The minimum Gasteiger partial charge on any atom is -0.811 e. The monoisotopic (exact) mass is 154 g/mol. The first-order valence-corrected chi connectivity index (χ1v) is 3.30. The molecule has 38 valence electrons. The van der Waals surface area contributed by atoms with Crippen LogP contribution in [0.3, 0.4) is 0 Å². The molecular formula is C2H5Na2O3P. The predicted octanol–water partition coefficient (Wildman–Crippen LogP) is -7.07. The third-order valence-electron chi connectivity index (χ3n) is 0.387. The molecule has 8 heavy (non-hydrogen) atoms. The maximum absolute atomic E-state index is 9.47. The molecule has 0 aliphatic heterocycles. The van der Waals surface area contributed by atoms with Gasteiger partial charge in [-0.1, -0.05) is 14.5 Å². The number of hydrogen-bond donors (Lipinski definition) is 0. The van der Waals surface area contributed by atoms with E-state index < -0.39 is 7.60 Å². The van der Waals surface area contributed by atoms with Crippen molar-refractivity contribution in [2.24, 2.45) is 0 Å². The second kappa shape index (κ2) is 7.26. The van der Waals surface area contributed by atoms with Crippen LogP contribution in [0.2, 0.25) is 0 Å². The van der Waals surface area contributed by atoms with E-state index in [1.54, 1.807) is 0 Å². The summed E-state index contributed by atoms with van der Waals surface area (Å²) in [6, 6.07) is 0. The minimum absolute atomic E-state index is 0. The van der Waals surface area contributed by atoms with Crippen LogP contribution in [-0.2, 0) is 4.57 Å². The van der Waals surface area contributed by atoms with Gasteiger partial charge in [0.05, 0.1) is 0 Å². The number of rotatable bonds is 1. The Hall–Kier alpha value is 2.15. The fraction of sp³-hybridized carbons (Fsp3) is 1.00. The average Bonchev–Trinajstić information content (AvgIpc) is 1.35. The zero-order chi connectivity index (χ0) is 5.21. The molecule has 0 aliphatic rings. The SMILES string of the molecule is CCP(=O)([O-])[O-].[Na+].[Na+]. The second-order valence-electron chi connectivity index (χ2n) is 0.927. The van der Waals surface area contributed by atoms with Crippen LogP contribution in [0.5, 0.6) is 0 Å². The van der Waals surface area contributed by atoms with Crippen molar-refractivity contribution >= 4 is 7.60 Å². The normalized spacial score (nSPS) is 8.88. The first kappa shape index (κ1) is 16.6. The van der Waals surface area contributed by atoms with E-state index in [4.69, 9.17) is 0 Å². The van der Waals surface area contributed by atoms with Gasteiger partial charge in [0, 0.05) is 0 Å². The van der Waals surface area contributed by atoms with E-state index in [9.17, 15) is 14.4 Å². The van der Waals surface area contributed by atoms with Crippen molar-refractivity contribution in [3.8, 4) is 0 Å². The van der Waals surface area contributed by atoms with Crippen LogP contribution in [0.25, 0.3) is 0 Å². The Balaban J connectivity index is -0.000000125. The van der Waals surface area contributed by atoms with Crippen molar-refractivity contribution in [2.75, 3.05) is 6.16 Å². The van der Waals surface area contributed by atoms with Gasteiger partial charge in [0.1, 0.15) is 0 Å². The molecule has 0 saturated carbocycles. The molecule has 0 spiro atoms. The van der Waals surface area contributed by atoms with E-state index >= 15 is 0 Å². The summed E-state index contributed by atoms with van der Waals surface area (Å²) < 4.78 is 9.47. The van der Waals surface area contributed by atoms with Crippen LogP contribution in [0, 0.1) is 0 Å². The molecule has 0 radical (unpaired) electrons. The van der Waals surface area contributed by atoms with Gasteiger partial charge in [-0.3, -0.25) is 0 Å². The summed E-state index contributed by atoms with van der Waals surface area (Å²) in [6.07, 6.45) is -0.285. The van der Waals surface area contributed by atoms with Gasteiger partial charge >= 0.3 is 59.1 Å². The predicted molar refractivity (Wildman–Crippen MR) is 18.1 cm³/mol. The van der Waals surface area contributed by atoms with Crippen LogP contribution in [0.15, 0.2) is 0 Å². The van der Waals surface area contributed by atoms with Crippen LogP contribution in [0.4, 0.5) is 0 Å². The van der Waals surface area contributed by atoms with Crippen molar-refractivity contribution in [3.05, 3.63) is 0 Å². The largest absolute Gasteiger partial charge is 1.00 e. The maximum Gasteiger partial charge on any atom is 1.00 e. The van der Waals surface area contributed by atoms with Gasteiger partial charge in [-0.05, 0) is 6.16 Å². The third kappa shape index (κ3) is 15.7. The molecule has 0 bridgehead atoms. The zero-order valence-electron chi connectivity index (χ0n) is 5.38. The Morgan fingerprint density at radius 2 is 1.50 bits per heavy atom. The van der Waals surface area contributed by atoms with Crippen molar-refractivity contribution in [1.29, 1.82) is 0 Å². The van der Waals surface area contributed by atoms with Gasteiger partial charge in [-0.2, -0.15) is 0 Å².